The molecule has 1 heterocycles. The number of unbranched alkanes of at least 4 members (excludes halogenated alkanes) is 3. The standard InChI is InChI=1S/C18H20N2/c1-3-5-6-7-8-16-13-19-18(20-14-16)17-11-9-15(4-2)10-12-17/h2,9-14H,3,5-8H2,1H3. The summed E-state index contributed by atoms with van der Waals surface area (Å²) >= 11 is 0. The van der Waals surface area contributed by atoms with Crippen LogP contribution in [0.3, 0.4) is 0 Å². The van der Waals surface area contributed by atoms with Crippen molar-refractivity contribution in [3.8, 4) is 23.7 Å². The monoisotopic (exact) mass is 264 g/mol. The van der Waals surface area contributed by atoms with E-state index in [-0.39, 0.29) is 0 Å². The minimum atomic E-state index is 0.755. The van der Waals surface area contributed by atoms with Gasteiger partial charge in [0.2, 0.25) is 0 Å². The van der Waals surface area contributed by atoms with Crippen molar-refractivity contribution in [2.45, 2.75) is 39.0 Å². The topological polar surface area (TPSA) is 25.8 Å². The molecule has 0 aliphatic rings. The van der Waals surface area contributed by atoms with Gasteiger partial charge in [0.1, 0.15) is 0 Å². The van der Waals surface area contributed by atoms with Crippen molar-refractivity contribution in [2.75, 3.05) is 0 Å². The molecule has 0 fully saturated rings. The minimum absolute atomic E-state index is 0.755. The number of nitrogens with zero attached hydrogens (tertiary/aromatic N) is 2. The first kappa shape index (κ1) is 14.3. The largest absolute Gasteiger partial charge is 0.236 e. The maximum atomic E-state index is 5.35. The van der Waals surface area contributed by atoms with Crippen LogP contribution in [0.1, 0.15) is 43.7 Å². The molecule has 0 N–H and O–H groups in total. The van der Waals surface area contributed by atoms with Crippen LogP contribution in [0.2, 0.25) is 0 Å². The summed E-state index contributed by atoms with van der Waals surface area (Å²) < 4.78 is 0. The highest BCUT2D eigenvalue weighted by atomic mass is 14.9. The van der Waals surface area contributed by atoms with E-state index < -0.39 is 0 Å². The summed E-state index contributed by atoms with van der Waals surface area (Å²) in [6, 6.07) is 7.76. The molecule has 0 amide bonds. The predicted molar refractivity (Wildman–Crippen MR) is 83.2 cm³/mol. The second-order valence-electron chi connectivity index (χ2n) is 4.95. The summed E-state index contributed by atoms with van der Waals surface area (Å²) in [4.78, 5) is 8.88. The Morgan fingerprint density at radius 2 is 1.70 bits per heavy atom. The molecular formula is C18H20N2. The normalized spacial score (nSPS) is 10.2. The SMILES string of the molecule is C#Cc1ccc(-c2ncc(CCCCCC)cn2)cc1. The van der Waals surface area contributed by atoms with Crippen molar-refractivity contribution >= 4 is 0 Å². The molecule has 2 nitrogen and oxygen atoms in total. The Morgan fingerprint density at radius 1 is 1.00 bits per heavy atom. The highest BCUT2D eigenvalue weighted by Crippen LogP contribution is 2.15. The molecule has 0 unspecified atom stereocenters. The van der Waals surface area contributed by atoms with E-state index in [9.17, 15) is 0 Å². The van der Waals surface area contributed by atoms with Crippen molar-refractivity contribution in [2.24, 2.45) is 0 Å². The van der Waals surface area contributed by atoms with E-state index in [1.165, 1.54) is 31.2 Å². The van der Waals surface area contributed by atoms with Crippen LogP contribution < -0.4 is 0 Å². The maximum Gasteiger partial charge on any atom is 0.159 e. The first-order chi connectivity index (χ1) is 9.83. The number of benzene rings is 1. The van der Waals surface area contributed by atoms with Crippen LogP contribution in [0.25, 0.3) is 11.4 Å². The summed E-state index contributed by atoms with van der Waals surface area (Å²) in [6.07, 6.45) is 15.4. The second kappa shape index (κ2) is 7.45. The summed E-state index contributed by atoms with van der Waals surface area (Å²) in [5, 5.41) is 0. The van der Waals surface area contributed by atoms with Gasteiger partial charge >= 0.3 is 0 Å². The van der Waals surface area contributed by atoms with Gasteiger partial charge in [0.05, 0.1) is 0 Å². The van der Waals surface area contributed by atoms with Crippen molar-refractivity contribution in [3.05, 3.63) is 47.8 Å². The quantitative estimate of drug-likeness (QED) is 0.576. The number of aryl methyl sites for hydroxylation is 1. The van der Waals surface area contributed by atoms with E-state index in [4.69, 9.17) is 6.42 Å². The van der Waals surface area contributed by atoms with E-state index in [0.29, 0.717) is 0 Å². The zero-order valence-electron chi connectivity index (χ0n) is 12.0. The van der Waals surface area contributed by atoms with Gasteiger partial charge in [0.15, 0.2) is 5.82 Å². The minimum Gasteiger partial charge on any atom is -0.236 e. The van der Waals surface area contributed by atoms with Crippen LogP contribution in [0, 0.1) is 12.3 Å². The third kappa shape index (κ3) is 3.93. The van der Waals surface area contributed by atoms with Gasteiger partial charge in [-0.1, -0.05) is 32.1 Å². The Labute approximate surface area is 121 Å². The van der Waals surface area contributed by atoms with Crippen LogP contribution in [-0.4, -0.2) is 9.97 Å². The summed E-state index contributed by atoms with van der Waals surface area (Å²) in [5.41, 5.74) is 3.09. The van der Waals surface area contributed by atoms with Crippen LogP contribution in [0.5, 0.6) is 0 Å². The lowest BCUT2D eigenvalue weighted by molar-refractivity contribution is 0.665. The van der Waals surface area contributed by atoms with E-state index >= 15 is 0 Å². The lowest BCUT2D eigenvalue weighted by atomic mass is 10.1. The predicted octanol–water partition coefficient (Wildman–Crippen LogP) is 4.25. The second-order valence-corrected chi connectivity index (χ2v) is 4.95. The summed E-state index contributed by atoms with van der Waals surface area (Å²) in [6.45, 7) is 2.23. The van der Waals surface area contributed by atoms with Gasteiger partial charge < -0.3 is 0 Å². The first-order valence-corrected chi connectivity index (χ1v) is 7.21. The molecule has 1 aromatic carbocycles. The van der Waals surface area contributed by atoms with Crippen molar-refractivity contribution in [3.63, 3.8) is 0 Å². The molecule has 20 heavy (non-hydrogen) atoms. The smallest absolute Gasteiger partial charge is 0.159 e. The lowest BCUT2D eigenvalue weighted by Gasteiger charge is -2.03. The Balaban J connectivity index is 1.98. The number of terminal acetylenes is 1. The van der Waals surface area contributed by atoms with Gasteiger partial charge in [-0.3, -0.25) is 0 Å². The molecule has 0 saturated carbocycles. The van der Waals surface area contributed by atoms with Crippen LogP contribution in [0.4, 0.5) is 0 Å². The molecule has 2 aromatic rings. The van der Waals surface area contributed by atoms with Crippen molar-refractivity contribution in [1.29, 1.82) is 0 Å². The Hall–Kier alpha value is -2.14. The Kier molecular flexibility index (Phi) is 5.32. The molecule has 0 radical (unpaired) electrons. The van der Waals surface area contributed by atoms with E-state index in [1.807, 2.05) is 36.7 Å². The van der Waals surface area contributed by atoms with E-state index in [0.717, 1.165) is 23.4 Å². The molecule has 0 aliphatic carbocycles. The first-order valence-electron chi connectivity index (χ1n) is 7.21. The summed E-state index contributed by atoms with van der Waals surface area (Å²) in [5.74, 6) is 3.36. The zero-order chi connectivity index (χ0) is 14.2. The van der Waals surface area contributed by atoms with Crippen LogP contribution in [-0.2, 0) is 6.42 Å². The lowest BCUT2D eigenvalue weighted by Crippen LogP contribution is -1.93. The third-order valence-electron chi connectivity index (χ3n) is 3.33. The van der Waals surface area contributed by atoms with E-state index in [1.54, 1.807) is 0 Å². The Morgan fingerprint density at radius 3 is 2.30 bits per heavy atom. The third-order valence-corrected chi connectivity index (χ3v) is 3.33. The molecule has 0 spiro atoms. The fraction of sp³-hybridized carbons (Fsp3) is 0.333. The van der Waals surface area contributed by atoms with Crippen molar-refractivity contribution < 1.29 is 0 Å². The molecule has 1 aromatic heterocycles. The highest BCUT2D eigenvalue weighted by molar-refractivity contribution is 5.56. The summed E-state index contributed by atoms with van der Waals surface area (Å²) in [7, 11) is 0. The van der Waals surface area contributed by atoms with Gasteiger partial charge in [0.25, 0.3) is 0 Å². The number of hydrogen-bond donors (Lipinski definition) is 0. The molecular weight excluding hydrogens is 244 g/mol. The molecule has 0 saturated heterocycles. The van der Waals surface area contributed by atoms with Gasteiger partial charge in [-0.25, -0.2) is 9.97 Å². The van der Waals surface area contributed by atoms with E-state index in [2.05, 4.69) is 22.8 Å². The zero-order valence-corrected chi connectivity index (χ0v) is 12.0. The van der Waals surface area contributed by atoms with Gasteiger partial charge in [0, 0.05) is 23.5 Å². The highest BCUT2D eigenvalue weighted by Gasteiger charge is 2.01. The fourth-order valence-corrected chi connectivity index (χ4v) is 2.10. The number of aromatic nitrogens is 2. The molecule has 0 aliphatic heterocycles. The maximum absolute atomic E-state index is 5.35. The van der Waals surface area contributed by atoms with Crippen molar-refractivity contribution in [1.82, 2.24) is 9.97 Å². The molecule has 0 bridgehead atoms. The molecule has 2 rings (SSSR count). The molecule has 2 heteroatoms. The van der Waals surface area contributed by atoms with Gasteiger partial charge in [-0.05, 0) is 42.7 Å². The average molecular weight is 264 g/mol. The van der Waals surface area contributed by atoms with Crippen LogP contribution in [0.15, 0.2) is 36.7 Å². The number of hydrogen-bond acceptors (Lipinski definition) is 2. The Bertz CT molecular complexity index is 562. The number of rotatable bonds is 6. The molecule has 102 valence electrons. The van der Waals surface area contributed by atoms with Crippen LogP contribution >= 0.6 is 0 Å². The van der Waals surface area contributed by atoms with Gasteiger partial charge in [-0.2, -0.15) is 0 Å². The fourth-order valence-electron chi connectivity index (χ4n) is 2.10. The average Bonchev–Trinajstić information content (AvgIpc) is 2.52. The van der Waals surface area contributed by atoms with Gasteiger partial charge in [-0.15, -0.1) is 6.42 Å². The molecule has 0 atom stereocenters.